The van der Waals surface area contributed by atoms with Gasteiger partial charge in [0, 0.05) is 24.3 Å². The van der Waals surface area contributed by atoms with Crippen LogP contribution >= 0.6 is 0 Å². The van der Waals surface area contributed by atoms with E-state index < -0.39 is 17.8 Å². The maximum atomic E-state index is 12.6. The van der Waals surface area contributed by atoms with E-state index in [-0.39, 0.29) is 55.9 Å². The smallest absolute Gasteiger partial charge is 0.344 e. The molecule has 3 aromatic rings. The molecule has 1 amide bonds. The van der Waals surface area contributed by atoms with Crippen LogP contribution in [0.25, 0.3) is 0 Å². The van der Waals surface area contributed by atoms with Crippen molar-refractivity contribution in [3.8, 4) is 5.75 Å². The molecule has 0 fully saturated rings. The predicted molar refractivity (Wildman–Crippen MR) is 164 cm³/mol. The zero-order valence-electron chi connectivity index (χ0n) is 25.0. The van der Waals surface area contributed by atoms with E-state index in [0.717, 1.165) is 17.5 Å². The Balaban J connectivity index is 1.32. The second-order valence-electron chi connectivity index (χ2n) is 10.4. The van der Waals surface area contributed by atoms with Crippen LogP contribution in [0.4, 0.5) is 0 Å². The molecule has 9 heteroatoms. The van der Waals surface area contributed by atoms with Gasteiger partial charge >= 0.3 is 11.9 Å². The minimum Gasteiger partial charge on any atom is -0.482 e. The number of Topliss-reactive ketones (excluding diaryl/α,β-unsaturated/α-hetero) is 2. The molecule has 232 valence electrons. The predicted octanol–water partition coefficient (Wildman–Crippen LogP) is 5.40. The molecule has 0 saturated carbocycles. The van der Waals surface area contributed by atoms with Crippen LogP contribution in [0.15, 0.2) is 84.9 Å². The van der Waals surface area contributed by atoms with Crippen molar-refractivity contribution in [2.24, 2.45) is 5.92 Å². The van der Waals surface area contributed by atoms with Gasteiger partial charge < -0.3 is 19.5 Å². The number of nitrogens with one attached hydrogen (secondary N) is 1. The second-order valence-corrected chi connectivity index (χ2v) is 10.4. The molecule has 0 aliphatic carbocycles. The van der Waals surface area contributed by atoms with Crippen molar-refractivity contribution in [2.45, 2.75) is 58.7 Å². The summed E-state index contributed by atoms with van der Waals surface area (Å²) >= 11 is 0. The van der Waals surface area contributed by atoms with Gasteiger partial charge in [0.25, 0.3) is 5.91 Å². The summed E-state index contributed by atoms with van der Waals surface area (Å²) in [4.78, 5) is 61.3. The Morgan fingerprint density at radius 1 is 0.727 bits per heavy atom. The first-order chi connectivity index (χ1) is 21.3. The molecule has 0 unspecified atom stereocenters. The molecule has 0 spiro atoms. The molecular weight excluding hydrogens is 562 g/mol. The Morgan fingerprint density at radius 2 is 1.36 bits per heavy atom. The van der Waals surface area contributed by atoms with Crippen molar-refractivity contribution in [2.75, 3.05) is 13.2 Å². The number of carbonyl (C=O) groups is 5. The lowest BCUT2D eigenvalue weighted by molar-refractivity contribution is -0.147. The first-order valence-electron chi connectivity index (χ1n) is 14.7. The van der Waals surface area contributed by atoms with E-state index in [1.54, 1.807) is 18.2 Å². The van der Waals surface area contributed by atoms with Crippen LogP contribution in [0, 0.1) is 5.92 Å². The van der Waals surface area contributed by atoms with Gasteiger partial charge in [-0.3, -0.25) is 19.2 Å². The molecule has 3 aromatic carbocycles. The minimum atomic E-state index is -0.546. The number of hydrogen-bond acceptors (Lipinski definition) is 8. The van der Waals surface area contributed by atoms with E-state index in [2.05, 4.69) is 5.32 Å². The third kappa shape index (κ3) is 13.0. The molecule has 9 nitrogen and oxygen atoms in total. The number of unbranched alkanes of at least 4 members (excludes halogenated alkanes) is 2. The average Bonchev–Trinajstić information content (AvgIpc) is 3.04. The number of carbonyl (C=O) groups excluding carboxylic acids is 5. The zero-order valence-corrected chi connectivity index (χ0v) is 25.0. The summed E-state index contributed by atoms with van der Waals surface area (Å²) in [6.07, 6.45) is 2.93. The average molecular weight is 602 g/mol. The monoisotopic (exact) mass is 601 g/mol. The Morgan fingerprint density at radius 3 is 2.00 bits per heavy atom. The van der Waals surface area contributed by atoms with Gasteiger partial charge in [0.1, 0.15) is 24.7 Å². The lowest BCUT2D eigenvalue weighted by Crippen LogP contribution is -2.31. The fourth-order valence-electron chi connectivity index (χ4n) is 4.37. The van der Waals surface area contributed by atoms with Crippen LogP contribution < -0.4 is 10.1 Å². The van der Waals surface area contributed by atoms with Crippen LogP contribution in [0.5, 0.6) is 5.75 Å². The Labute approximate surface area is 257 Å². The Hall–Kier alpha value is -4.79. The molecule has 0 aliphatic rings. The van der Waals surface area contributed by atoms with Gasteiger partial charge in [-0.25, -0.2) is 4.79 Å². The van der Waals surface area contributed by atoms with Gasteiger partial charge in [-0.1, -0.05) is 79.6 Å². The molecule has 0 saturated heterocycles. The molecule has 0 heterocycles. The first-order valence-corrected chi connectivity index (χ1v) is 14.7. The molecular formula is C35H39NO8. The maximum absolute atomic E-state index is 12.6. The fourth-order valence-corrected chi connectivity index (χ4v) is 4.37. The van der Waals surface area contributed by atoms with Gasteiger partial charge in [0.05, 0.1) is 6.54 Å². The zero-order chi connectivity index (χ0) is 31.6. The van der Waals surface area contributed by atoms with Crippen LogP contribution in [-0.4, -0.2) is 42.6 Å². The number of hydrogen-bond donors (Lipinski definition) is 1. The van der Waals surface area contributed by atoms with Crippen LogP contribution in [0.1, 0.15) is 66.9 Å². The summed E-state index contributed by atoms with van der Waals surface area (Å²) in [7, 11) is 0. The molecule has 0 aromatic heterocycles. The highest BCUT2D eigenvalue weighted by molar-refractivity contribution is 5.97. The molecule has 0 bridgehead atoms. The largest absolute Gasteiger partial charge is 0.482 e. The lowest BCUT2D eigenvalue weighted by Gasteiger charge is -2.13. The minimum absolute atomic E-state index is 0.0307. The van der Waals surface area contributed by atoms with Crippen molar-refractivity contribution < 1.29 is 38.2 Å². The summed E-state index contributed by atoms with van der Waals surface area (Å²) in [6, 6.07) is 25.0. The van der Waals surface area contributed by atoms with Crippen molar-refractivity contribution >= 4 is 29.4 Å². The van der Waals surface area contributed by atoms with E-state index in [1.165, 1.54) is 13.0 Å². The molecule has 44 heavy (non-hydrogen) atoms. The number of ether oxygens (including phenoxy) is 3. The second kappa shape index (κ2) is 18.7. The van der Waals surface area contributed by atoms with Crippen molar-refractivity contribution in [3.63, 3.8) is 0 Å². The number of esters is 2. The molecule has 1 atom stereocenters. The maximum Gasteiger partial charge on any atom is 0.344 e. The van der Waals surface area contributed by atoms with Crippen molar-refractivity contribution in [1.82, 2.24) is 5.32 Å². The molecule has 3 rings (SSSR count). The molecule has 0 radical (unpaired) electrons. The summed E-state index contributed by atoms with van der Waals surface area (Å²) in [5.74, 6) is -1.76. The van der Waals surface area contributed by atoms with Crippen molar-refractivity contribution in [1.29, 1.82) is 0 Å². The summed E-state index contributed by atoms with van der Waals surface area (Å²) in [5, 5.41) is 2.59. The van der Waals surface area contributed by atoms with Gasteiger partial charge in [-0.05, 0) is 49.1 Å². The first kappa shape index (κ1) is 33.7. The summed E-state index contributed by atoms with van der Waals surface area (Å²) < 4.78 is 15.9. The van der Waals surface area contributed by atoms with Crippen LogP contribution in [0.3, 0.4) is 0 Å². The highest BCUT2D eigenvalue weighted by atomic mass is 16.6. The number of benzene rings is 3. The van der Waals surface area contributed by atoms with Gasteiger partial charge in [-0.15, -0.1) is 0 Å². The normalized spacial score (nSPS) is 11.2. The molecule has 0 aliphatic heterocycles. The summed E-state index contributed by atoms with van der Waals surface area (Å²) in [5.41, 5.74) is 2.05. The van der Waals surface area contributed by atoms with Gasteiger partial charge in [0.2, 0.25) is 0 Å². The molecule has 1 N–H and O–H groups in total. The Kier molecular flexibility index (Phi) is 14.3. The third-order valence-corrected chi connectivity index (χ3v) is 6.87. The summed E-state index contributed by atoms with van der Waals surface area (Å²) in [6.45, 7) is 1.31. The van der Waals surface area contributed by atoms with E-state index in [1.807, 2.05) is 60.7 Å². The standard InChI is InChI=1S/C35H39NO8/c1-26(37)29(16-9-4-10-19-33(39)43-23-27-12-5-2-6-13-27)20-31(38)22-36-35(41)30-17-11-18-32(21-30)42-25-34(40)44-24-28-14-7-3-8-15-28/h2-3,5-8,11-15,17-18,21,29H,4,9-10,16,19-20,22-25H2,1H3,(H,36,41)/t29-/m1/s1. The topological polar surface area (TPSA) is 125 Å². The van der Waals surface area contributed by atoms with Crippen LogP contribution in [-0.2, 0) is 41.9 Å². The SMILES string of the molecule is CC(=O)[C@H](CCCCCC(=O)OCc1ccccc1)CC(=O)CNC(=O)c1cccc(OCC(=O)OCc2ccccc2)c1. The van der Waals surface area contributed by atoms with Gasteiger partial charge in [0.15, 0.2) is 12.4 Å². The van der Waals surface area contributed by atoms with Crippen LogP contribution in [0.2, 0.25) is 0 Å². The number of ketones is 2. The number of rotatable bonds is 19. The lowest BCUT2D eigenvalue weighted by atomic mass is 9.92. The highest BCUT2D eigenvalue weighted by Crippen LogP contribution is 2.17. The fraction of sp³-hybridized carbons (Fsp3) is 0.343. The van der Waals surface area contributed by atoms with E-state index in [0.29, 0.717) is 31.4 Å². The van der Waals surface area contributed by atoms with E-state index in [9.17, 15) is 24.0 Å². The van der Waals surface area contributed by atoms with Gasteiger partial charge in [-0.2, -0.15) is 0 Å². The van der Waals surface area contributed by atoms with E-state index in [4.69, 9.17) is 14.2 Å². The van der Waals surface area contributed by atoms with E-state index >= 15 is 0 Å². The third-order valence-electron chi connectivity index (χ3n) is 6.87. The Bertz CT molecular complexity index is 1370. The quantitative estimate of drug-likeness (QED) is 0.143. The highest BCUT2D eigenvalue weighted by Gasteiger charge is 2.19. The number of amides is 1. The van der Waals surface area contributed by atoms with Crippen molar-refractivity contribution in [3.05, 3.63) is 102 Å².